The summed E-state index contributed by atoms with van der Waals surface area (Å²) in [6.07, 6.45) is 0.0521. The van der Waals surface area contributed by atoms with Crippen molar-refractivity contribution in [2.75, 3.05) is 11.9 Å². The molecule has 2 aromatic carbocycles. The molecule has 0 aliphatic rings. The molecule has 0 aliphatic heterocycles. The maximum absolute atomic E-state index is 11.8. The molecule has 25 heavy (non-hydrogen) atoms. The Morgan fingerprint density at radius 2 is 1.88 bits per heavy atom. The van der Waals surface area contributed by atoms with E-state index in [-0.39, 0.29) is 17.8 Å². The number of esters is 1. The van der Waals surface area contributed by atoms with E-state index in [4.69, 9.17) is 4.74 Å². The molecule has 7 nitrogen and oxygen atoms in total. The number of ether oxygens (including phenoxy) is 1. The number of amides is 1. The number of nitrogens with one attached hydrogen (secondary N) is 1. The zero-order chi connectivity index (χ0) is 18.4. The zero-order valence-electron chi connectivity index (χ0n) is 13.3. The third-order valence-corrected chi connectivity index (χ3v) is 3.84. The van der Waals surface area contributed by atoms with E-state index in [1.54, 1.807) is 37.3 Å². The first-order valence-electron chi connectivity index (χ1n) is 7.30. The first kappa shape index (κ1) is 18.6. The monoisotopic (exact) mass is 406 g/mol. The van der Waals surface area contributed by atoms with E-state index < -0.39 is 23.4 Å². The second-order valence-electron chi connectivity index (χ2n) is 5.27. The van der Waals surface area contributed by atoms with E-state index in [2.05, 4.69) is 21.2 Å². The lowest BCUT2D eigenvalue weighted by molar-refractivity contribution is -0.385. The van der Waals surface area contributed by atoms with Crippen molar-refractivity contribution >= 4 is 39.2 Å². The topological polar surface area (TPSA) is 98.5 Å². The smallest absolute Gasteiger partial charge is 0.310 e. The molecule has 2 rings (SSSR count). The van der Waals surface area contributed by atoms with Crippen LogP contribution in [0.1, 0.15) is 11.1 Å². The molecular weight excluding hydrogens is 392 g/mol. The van der Waals surface area contributed by atoms with Gasteiger partial charge in [0.1, 0.15) is 0 Å². The minimum Gasteiger partial charge on any atom is -0.455 e. The molecule has 0 aromatic heterocycles. The molecule has 8 heteroatoms. The Morgan fingerprint density at radius 3 is 2.52 bits per heavy atom. The fourth-order valence-electron chi connectivity index (χ4n) is 2.05. The Balaban J connectivity index is 1.86. The van der Waals surface area contributed by atoms with Gasteiger partial charge in [-0.1, -0.05) is 34.1 Å². The lowest BCUT2D eigenvalue weighted by Crippen LogP contribution is -2.21. The summed E-state index contributed by atoms with van der Waals surface area (Å²) in [7, 11) is 0. The van der Waals surface area contributed by atoms with Crippen molar-refractivity contribution in [2.24, 2.45) is 0 Å². The number of nitrogens with zero attached hydrogens (tertiary/aromatic N) is 1. The van der Waals surface area contributed by atoms with Gasteiger partial charge in [-0.05, 0) is 30.7 Å². The predicted octanol–water partition coefficient (Wildman–Crippen LogP) is 3.39. The summed E-state index contributed by atoms with van der Waals surface area (Å²) in [4.78, 5) is 33.9. The number of halogens is 1. The molecule has 130 valence electrons. The van der Waals surface area contributed by atoms with Crippen LogP contribution in [0.25, 0.3) is 0 Å². The molecule has 0 bridgehead atoms. The van der Waals surface area contributed by atoms with Crippen LogP contribution in [0.5, 0.6) is 0 Å². The van der Waals surface area contributed by atoms with E-state index in [0.717, 1.165) is 10.0 Å². The van der Waals surface area contributed by atoms with Crippen LogP contribution in [0.15, 0.2) is 46.9 Å². The number of hydrogen-bond acceptors (Lipinski definition) is 5. The molecule has 1 N–H and O–H groups in total. The molecular formula is C17H15BrN2O5. The number of anilines is 1. The maximum atomic E-state index is 11.8. The van der Waals surface area contributed by atoms with Gasteiger partial charge in [-0.25, -0.2) is 0 Å². The van der Waals surface area contributed by atoms with E-state index >= 15 is 0 Å². The Morgan fingerprint density at radius 1 is 1.20 bits per heavy atom. The lowest BCUT2D eigenvalue weighted by Gasteiger charge is -2.07. The number of hydrogen-bond donors (Lipinski definition) is 1. The van der Waals surface area contributed by atoms with E-state index in [9.17, 15) is 19.7 Å². The summed E-state index contributed by atoms with van der Waals surface area (Å²) >= 11 is 3.30. The second kappa shape index (κ2) is 8.39. The highest BCUT2D eigenvalue weighted by Crippen LogP contribution is 2.22. The van der Waals surface area contributed by atoms with Crippen LogP contribution >= 0.6 is 15.9 Å². The zero-order valence-corrected chi connectivity index (χ0v) is 14.9. The third kappa shape index (κ3) is 5.68. The van der Waals surface area contributed by atoms with Gasteiger partial charge in [0.15, 0.2) is 6.61 Å². The van der Waals surface area contributed by atoms with Crippen molar-refractivity contribution in [3.05, 3.63) is 68.2 Å². The van der Waals surface area contributed by atoms with Gasteiger partial charge in [0.25, 0.3) is 11.6 Å². The average Bonchev–Trinajstić information content (AvgIpc) is 2.56. The number of benzene rings is 2. The first-order valence-corrected chi connectivity index (χ1v) is 8.09. The van der Waals surface area contributed by atoms with Gasteiger partial charge in [-0.15, -0.1) is 0 Å². The Labute approximate surface area is 152 Å². The Kier molecular flexibility index (Phi) is 6.24. The Hall–Kier alpha value is -2.74. The van der Waals surface area contributed by atoms with Crippen LogP contribution in [0.3, 0.4) is 0 Å². The fraction of sp³-hybridized carbons (Fsp3) is 0.176. The number of nitro benzene ring substituents is 1. The highest BCUT2D eigenvalue weighted by Gasteiger charge is 2.13. The number of rotatable bonds is 6. The summed E-state index contributed by atoms with van der Waals surface area (Å²) in [5, 5.41) is 13.4. The minimum atomic E-state index is -0.567. The first-order chi connectivity index (χ1) is 11.8. The van der Waals surface area contributed by atoms with Crippen molar-refractivity contribution in [3.8, 4) is 0 Å². The Bertz CT molecular complexity index is 805. The van der Waals surface area contributed by atoms with Gasteiger partial charge in [0, 0.05) is 21.8 Å². The van der Waals surface area contributed by atoms with E-state index in [1.807, 2.05) is 0 Å². The van der Waals surface area contributed by atoms with Crippen LogP contribution in [-0.2, 0) is 20.7 Å². The molecule has 0 heterocycles. The summed E-state index contributed by atoms with van der Waals surface area (Å²) in [6, 6.07) is 11.5. The van der Waals surface area contributed by atoms with Crippen LogP contribution in [0, 0.1) is 17.0 Å². The van der Waals surface area contributed by atoms with Gasteiger partial charge in [-0.3, -0.25) is 19.7 Å². The van der Waals surface area contributed by atoms with Crippen molar-refractivity contribution in [2.45, 2.75) is 13.3 Å². The molecule has 0 unspecified atom stereocenters. The number of carbonyl (C=O) groups is 2. The molecule has 0 atom stereocenters. The summed E-state index contributed by atoms with van der Waals surface area (Å²) in [5.41, 5.74) is 1.43. The predicted molar refractivity (Wildman–Crippen MR) is 95.3 cm³/mol. The van der Waals surface area contributed by atoms with Crippen molar-refractivity contribution in [1.29, 1.82) is 0 Å². The van der Waals surface area contributed by atoms with Gasteiger partial charge in [-0.2, -0.15) is 0 Å². The van der Waals surface area contributed by atoms with Crippen molar-refractivity contribution in [3.63, 3.8) is 0 Å². The van der Waals surface area contributed by atoms with Crippen LogP contribution in [-0.4, -0.2) is 23.4 Å². The normalized spacial score (nSPS) is 10.2. The summed E-state index contributed by atoms with van der Waals surface area (Å²) in [6.45, 7) is 1.14. The van der Waals surface area contributed by atoms with Gasteiger partial charge >= 0.3 is 5.97 Å². The molecule has 0 fully saturated rings. The molecule has 0 saturated carbocycles. The van der Waals surface area contributed by atoms with Crippen molar-refractivity contribution in [1.82, 2.24) is 0 Å². The highest BCUT2D eigenvalue weighted by molar-refractivity contribution is 9.10. The standard InChI is InChI=1S/C17H15BrN2O5/c1-11-2-7-14(9-15(11)20(23)24)19-16(21)10-25-17(22)8-12-3-5-13(18)6-4-12/h2-7,9H,8,10H2,1H3,(H,19,21). The second-order valence-corrected chi connectivity index (χ2v) is 6.19. The van der Waals surface area contributed by atoms with Crippen LogP contribution < -0.4 is 5.32 Å². The molecule has 1 amide bonds. The summed E-state index contributed by atoms with van der Waals surface area (Å²) in [5.74, 6) is -1.10. The molecule has 2 aromatic rings. The average molecular weight is 407 g/mol. The number of nitro groups is 1. The van der Waals surface area contributed by atoms with Crippen LogP contribution in [0.4, 0.5) is 11.4 Å². The maximum Gasteiger partial charge on any atom is 0.310 e. The largest absolute Gasteiger partial charge is 0.455 e. The van der Waals surface area contributed by atoms with Gasteiger partial charge < -0.3 is 10.1 Å². The molecule has 0 aliphatic carbocycles. The molecule has 0 spiro atoms. The number of aryl methyl sites for hydroxylation is 1. The molecule has 0 saturated heterocycles. The highest BCUT2D eigenvalue weighted by atomic mass is 79.9. The number of carbonyl (C=O) groups excluding carboxylic acids is 2. The van der Waals surface area contributed by atoms with E-state index in [1.165, 1.54) is 12.1 Å². The third-order valence-electron chi connectivity index (χ3n) is 3.32. The van der Waals surface area contributed by atoms with Gasteiger partial charge in [0.05, 0.1) is 11.3 Å². The fourth-order valence-corrected chi connectivity index (χ4v) is 2.31. The van der Waals surface area contributed by atoms with Gasteiger partial charge in [0.2, 0.25) is 0 Å². The molecule has 0 radical (unpaired) electrons. The summed E-state index contributed by atoms with van der Waals surface area (Å²) < 4.78 is 5.81. The lowest BCUT2D eigenvalue weighted by atomic mass is 10.2. The quantitative estimate of drug-likeness (QED) is 0.450. The SMILES string of the molecule is Cc1ccc(NC(=O)COC(=O)Cc2ccc(Br)cc2)cc1[N+](=O)[O-]. The van der Waals surface area contributed by atoms with Crippen molar-refractivity contribution < 1.29 is 19.2 Å². The van der Waals surface area contributed by atoms with E-state index in [0.29, 0.717) is 5.56 Å². The minimum absolute atomic E-state index is 0.0521. The van der Waals surface area contributed by atoms with Crippen LogP contribution in [0.2, 0.25) is 0 Å².